The number of pyridine rings is 1. The van der Waals surface area contributed by atoms with Crippen molar-refractivity contribution < 1.29 is 22.6 Å². The van der Waals surface area contributed by atoms with Crippen LogP contribution in [0.4, 0.5) is 13.2 Å². The first kappa shape index (κ1) is 23.5. The number of aromatic nitrogens is 1. The van der Waals surface area contributed by atoms with Crippen molar-refractivity contribution in [2.45, 2.75) is 32.4 Å². The first-order valence-electron chi connectivity index (χ1n) is 9.74. The molecule has 10 heteroatoms. The highest BCUT2D eigenvalue weighted by molar-refractivity contribution is 6.31. The molecule has 164 valence electrons. The SMILES string of the molecule is CCNC(=NCCOc1ncc(C(F)(F)F)cc1Cl)N(C)CCC1CCOCC1. The Hall–Kier alpha value is -1.74. The van der Waals surface area contributed by atoms with Crippen molar-refractivity contribution in [3.8, 4) is 5.88 Å². The van der Waals surface area contributed by atoms with E-state index in [9.17, 15) is 13.2 Å². The van der Waals surface area contributed by atoms with Crippen LogP contribution in [0.1, 0.15) is 31.7 Å². The minimum Gasteiger partial charge on any atom is -0.475 e. The van der Waals surface area contributed by atoms with Crippen molar-refractivity contribution in [2.24, 2.45) is 10.9 Å². The third kappa shape index (κ3) is 7.89. The number of ether oxygens (including phenoxy) is 2. The van der Waals surface area contributed by atoms with Gasteiger partial charge >= 0.3 is 6.18 Å². The van der Waals surface area contributed by atoms with Crippen molar-refractivity contribution in [3.05, 3.63) is 22.8 Å². The van der Waals surface area contributed by atoms with Crippen LogP contribution in [-0.2, 0) is 10.9 Å². The minimum absolute atomic E-state index is 0.0345. The zero-order valence-electron chi connectivity index (χ0n) is 16.8. The Kier molecular flexibility index (Phi) is 9.29. The van der Waals surface area contributed by atoms with Crippen molar-refractivity contribution in [3.63, 3.8) is 0 Å². The number of nitrogens with one attached hydrogen (secondary N) is 1. The summed E-state index contributed by atoms with van der Waals surface area (Å²) >= 11 is 5.84. The highest BCUT2D eigenvalue weighted by atomic mass is 35.5. The minimum atomic E-state index is -4.49. The van der Waals surface area contributed by atoms with Crippen LogP contribution in [0.25, 0.3) is 0 Å². The second-order valence-electron chi connectivity index (χ2n) is 6.86. The van der Waals surface area contributed by atoms with Crippen molar-refractivity contribution >= 4 is 17.6 Å². The van der Waals surface area contributed by atoms with Crippen molar-refractivity contribution in [2.75, 3.05) is 46.5 Å². The molecule has 1 saturated heterocycles. The maximum Gasteiger partial charge on any atom is 0.417 e. The van der Waals surface area contributed by atoms with Crippen LogP contribution < -0.4 is 10.1 Å². The van der Waals surface area contributed by atoms with Crippen LogP contribution in [0.15, 0.2) is 17.3 Å². The van der Waals surface area contributed by atoms with Crippen molar-refractivity contribution in [1.82, 2.24) is 15.2 Å². The molecule has 29 heavy (non-hydrogen) atoms. The molecule has 1 aromatic heterocycles. The fourth-order valence-electron chi connectivity index (χ4n) is 2.97. The van der Waals surface area contributed by atoms with Crippen LogP contribution in [0, 0.1) is 5.92 Å². The molecule has 0 bridgehead atoms. The highest BCUT2D eigenvalue weighted by Crippen LogP contribution is 2.33. The smallest absolute Gasteiger partial charge is 0.417 e. The molecule has 0 amide bonds. The zero-order valence-corrected chi connectivity index (χ0v) is 17.5. The van der Waals surface area contributed by atoms with Gasteiger partial charge in [0.1, 0.15) is 11.6 Å². The number of aliphatic imine (C=N–C) groups is 1. The number of nitrogens with zero attached hydrogens (tertiary/aromatic N) is 3. The molecular formula is C19H28ClF3N4O2. The first-order chi connectivity index (χ1) is 13.8. The van der Waals surface area contributed by atoms with Gasteiger partial charge in [-0.05, 0) is 38.2 Å². The van der Waals surface area contributed by atoms with Gasteiger partial charge in [-0.25, -0.2) is 9.98 Å². The van der Waals surface area contributed by atoms with E-state index in [1.54, 1.807) is 0 Å². The zero-order chi connectivity index (χ0) is 21.3. The lowest BCUT2D eigenvalue weighted by molar-refractivity contribution is -0.137. The lowest BCUT2D eigenvalue weighted by Crippen LogP contribution is -2.40. The predicted octanol–water partition coefficient (Wildman–Crippen LogP) is 3.85. The van der Waals surface area contributed by atoms with Gasteiger partial charge in [0.2, 0.25) is 5.88 Å². The molecule has 1 fully saturated rings. The van der Waals surface area contributed by atoms with E-state index >= 15 is 0 Å². The lowest BCUT2D eigenvalue weighted by atomic mass is 9.96. The van der Waals surface area contributed by atoms with Gasteiger partial charge in [0.25, 0.3) is 0 Å². The van der Waals surface area contributed by atoms with E-state index < -0.39 is 11.7 Å². The molecule has 6 nitrogen and oxygen atoms in total. The summed E-state index contributed by atoms with van der Waals surface area (Å²) in [5.74, 6) is 1.40. The normalized spacial score (nSPS) is 16.0. The van der Waals surface area contributed by atoms with E-state index in [2.05, 4.69) is 20.2 Å². The number of hydrogen-bond acceptors (Lipinski definition) is 4. The van der Waals surface area contributed by atoms with Gasteiger partial charge in [0.05, 0.1) is 12.1 Å². The molecule has 2 heterocycles. The summed E-state index contributed by atoms with van der Waals surface area (Å²) in [7, 11) is 1.98. The van der Waals surface area contributed by atoms with Crippen LogP contribution in [0.5, 0.6) is 5.88 Å². The average molecular weight is 437 g/mol. The van der Waals surface area contributed by atoms with Gasteiger partial charge < -0.3 is 19.7 Å². The molecule has 0 spiro atoms. The average Bonchev–Trinajstić information content (AvgIpc) is 2.69. The molecule has 0 atom stereocenters. The standard InChI is InChI=1S/C19H28ClF3N4O2/c1-3-24-18(27(2)8-4-14-5-9-28-10-6-14)25-7-11-29-17-16(20)12-15(13-26-17)19(21,22)23/h12-14H,3-11H2,1-2H3,(H,24,25). The third-order valence-corrected chi connectivity index (χ3v) is 4.91. The summed E-state index contributed by atoms with van der Waals surface area (Å²) < 4.78 is 48.7. The maximum absolute atomic E-state index is 12.6. The Bertz CT molecular complexity index is 667. The molecule has 1 aromatic rings. The van der Waals surface area contributed by atoms with Crippen LogP contribution in [0.2, 0.25) is 5.02 Å². The molecule has 0 unspecified atom stereocenters. The van der Waals surface area contributed by atoms with E-state index in [0.717, 1.165) is 57.6 Å². The third-order valence-electron chi connectivity index (χ3n) is 4.64. The van der Waals surface area contributed by atoms with Crippen LogP contribution in [0.3, 0.4) is 0 Å². The van der Waals surface area contributed by atoms with Gasteiger partial charge in [-0.3, -0.25) is 0 Å². The van der Waals surface area contributed by atoms with Gasteiger partial charge in [-0.2, -0.15) is 13.2 Å². The van der Waals surface area contributed by atoms with Gasteiger partial charge in [-0.1, -0.05) is 11.6 Å². The molecule has 1 aliphatic rings. The fourth-order valence-corrected chi connectivity index (χ4v) is 3.19. The second kappa shape index (κ2) is 11.4. The fraction of sp³-hybridized carbons (Fsp3) is 0.684. The summed E-state index contributed by atoms with van der Waals surface area (Å²) in [6, 6.07) is 0.807. The van der Waals surface area contributed by atoms with Gasteiger partial charge in [-0.15, -0.1) is 0 Å². The topological polar surface area (TPSA) is 59.0 Å². The highest BCUT2D eigenvalue weighted by Gasteiger charge is 2.31. The Morgan fingerprint density at radius 1 is 1.41 bits per heavy atom. The molecule has 0 saturated carbocycles. The summed E-state index contributed by atoms with van der Waals surface area (Å²) in [6.07, 6.45) is -0.521. The Morgan fingerprint density at radius 3 is 2.76 bits per heavy atom. The molecule has 1 aliphatic heterocycles. The Labute approximate surface area is 174 Å². The molecule has 0 aromatic carbocycles. The lowest BCUT2D eigenvalue weighted by Gasteiger charge is -2.26. The molecule has 0 aliphatic carbocycles. The van der Waals surface area contributed by atoms with Gasteiger partial charge in [0.15, 0.2) is 5.96 Å². The largest absolute Gasteiger partial charge is 0.475 e. The van der Waals surface area contributed by atoms with Crippen LogP contribution >= 0.6 is 11.6 Å². The first-order valence-corrected chi connectivity index (χ1v) is 10.1. The molecule has 1 N–H and O–H groups in total. The summed E-state index contributed by atoms with van der Waals surface area (Å²) in [6.45, 7) is 5.74. The predicted molar refractivity (Wildman–Crippen MR) is 107 cm³/mol. The van der Waals surface area contributed by atoms with E-state index in [0.29, 0.717) is 18.7 Å². The van der Waals surface area contributed by atoms with E-state index in [1.807, 2.05) is 14.0 Å². The number of alkyl halides is 3. The molecule has 0 radical (unpaired) electrons. The number of halogens is 4. The van der Waals surface area contributed by atoms with E-state index in [-0.39, 0.29) is 17.5 Å². The number of hydrogen-bond donors (Lipinski definition) is 1. The van der Waals surface area contributed by atoms with Crippen molar-refractivity contribution in [1.29, 1.82) is 0 Å². The summed E-state index contributed by atoms with van der Waals surface area (Å²) in [4.78, 5) is 10.2. The Balaban J connectivity index is 1.83. The quantitative estimate of drug-likeness (QED) is 0.381. The molecular weight excluding hydrogens is 409 g/mol. The summed E-state index contributed by atoms with van der Waals surface area (Å²) in [5, 5.41) is 3.06. The number of rotatable bonds is 8. The Morgan fingerprint density at radius 2 is 2.14 bits per heavy atom. The summed E-state index contributed by atoms with van der Waals surface area (Å²) in [5.41, 5.74) is -0.909. The maximum atomic E-state index is 12.6. The second-order valence-corrected chi connectivity index (χ2v) is 7.27. The number of guanidine groups is 1. The van der Waals surface area contributed by atoms with E-state index in [1.165, 1.54) is 0 Å². The monoisotopic (exact) mass is 436 g/mol. The van der Waals surface area contributed by atoms with Crippen LogP contribution in [-0.4, -0.2) is 62.3 Å². The van der Waals surface area contributed by atoms with Gasteiger partial charge in [0, 0.05) is 39.5 Å². The van der Waals surface area contributed by atoms with E-state index in [4.69, 9.17) is 21.1 Å². The molecule has 2 rings (SSSR count).